The number of nitrogens with zero attached hydrogens (tertiary/aromatic N) is 5. The van der Waals surface area contributed by atoms with Crippen molar-refractivity contribution < 1.29 is 8.81 Å². The Balaban J connectivity index is 0.00000289. The molecule has 2 aromatic heterocycles. The van der Waals surface area contributed by atoms with Gasteiger partial charge in [-0.15, -0.1) is 24.0 Å². The maximum absolute atomic E-state index is 13.1. The van der Waals surface area contributed by atoms with Crippen LogP contribution in [-0.4, -0.2) is 60.1 Å². The smallest absolute Gasteiger partial charge is 0.226 e. The van der Waals surface area contributed by atoms with E-state index in [0.717, 1.165) is 55.8 Å². The number of halogens is 2. The van der Waals surface area contributed by atoms with Crippen LogP contribution in [0.4, 0.5) is 10.2 Å². The molecule has 4 rings (SSSR count). The third-order valence-electron chi connectivity index (χ3n) is 5.16. The summed E-state index contributed by atoms with van der Waals surface area (Å²) >= 11 is 0. The molecule has 1 saturated heterocycles. The van der Waals surface area contributed by atoms with Crippen LogP contribution in [0, 0.1) is 5.82 Å². The van der Waals surface area contributed by atoms with Crippen LogP contribution in [0.5, 0.6) is 0 Å². The van der Waals surface area contributed by atoms with E-state index < -0.39 is 0 Å². The third-order valence-corrected chi connectivity index (χ3v) is 5.16. The predicted octanol–water partition coefficient (Wildman–Crippen LogP) is 3.82. The van der Waals surface area contributed by atoms with Gasteiger partial charge in [0.15, 0.2) is 5.96 Å². The number of guanidine groups is 1. The van der Waals surface area contributed by atoms with E-state index in [4.69, 9.17) is 9.41 Å². The van der Waals surface area contributed by atoms with Crippen molar-refractivity contribution in [1.82, 2.24) is 20.2 Å². The number of hydrogen-bond donors (Lipinski definition) is 1. The average Bonchev–Trinajstić information content (AvgIpc) is 3.29. The number of nitrogens with one attached hydrogen (secondary N) is 1. The first-order valence-corrected chi connectivity index (χ1v) is 10.6. The lowest BCUT2D eigenvalue weighted by Gasteiger charge is -2.37. The third kappa shape index (κ3) is 6.18. The maximum atomic E-state index is 13.1. The predicted molar refractivity (Wildman–Crippen MR) is 135 cm³/mol. The summed E-state index contributed by atoms with van der Waals surface area (Å²) in [6.45, 7) is 7.10. The summed E-state index contributed by atoms with van der Waals surface area (Å²) in [5.74, 6) is 2.16. The summed E-state index contributed by atoms with van der Waals surface area (Å²) in [4.78, 5) is 18.3. The van der Waals surface area contributed by atoms with Crippen LogP contribution in [0.3, 0.4) is 0 Å². The Morgan fingerprint density at radius 2 is 1.91 bits per heavy atom. The molecule has 0 unspecified atom stereocenters. The van der Waals surface area contributed by atoms with Crippen LogP contribution in [-0.2, 0) is 6.42 Å². The van der Waals surface area contributed by atoms with Gasteiger partial charge in [0, 0.05) is 57.4 Å². The van der Waals surface area contributed by atoms with E-state index in [1.165, 1.54) is 12.1 Å². The molecule has 32 heavy (non-hydrogen) atoms. The highest BCUT2D eigenvalue weighted by atomic mass is 127. The van der Waals surface area contributed by atoms with Crippen molar-refractivity contribution >= 4 is 35.8 Å². The van der Waals surface area contributed by atoms with Gasteiger partial charge in [-0.3, -0.25) is 4.99 Å². The van der Waals surface area contributed by atoms with Gasteiger partial charge >= 0.3 is 0 Å². The lowest BCUT2D eigenvalue weighted by Crippen LogP contribution is -2.52. The number of pyridine rings is 1. The summed E-state index contributed by atoms with van der Waals surface area (Å²) in [6.07, 6.45) is 4.15. The normalized spacial score (nSPS) is 14.2. The van der Waals surface area contributed by atoms with Crippen molar-refractivity contribution in [2.75, 3.05) is 44.2 Å². The van der Waals surface area contributed by atoms with Crippen molar-refractivity contribution in [3.63, 3.8) is 0 Å². The van der Waals surface area contributed by atoms with Crippen molar-refractivity contribution in [3.05, 3.63) is 66.4 Å². The molecule has 1 aliphatic rings. The fraction of sp³-hybridized carbons (Fsp3) is 0.348. The van der Waals surface area contributed by atoms with Crippen LogP contribution >= 0.6 is 24.0 Å². The molecule has 0 radical (unpaired) electrons. The Bertz CT molecular complexity index is 987. The molecule has 0 amide bonds. The first-order valence-electron chi connectivity index (χ1n) is 10.6. The second-order valence-electron chi connectivity index (χ2n) is 7.30. The van der Waals surface area contributed by atoms with E-state index in [9.17, 15) is 4.39 Å². The number of hydrogen-bond acceptors (Lipinski definition) is 5. The summed E-state index contributed by atoms with van der Waals surface area (Å²) in [6, 6.07) is 12.1. The molecule has 9 heteroatoms. The van der Waals surface area contributed by atoms with Crippen molar-refractivity contribution in [1.29, 1.82) is 0 Å². The van der Waals surface area contributed by atoms with Crippen LogP contribution < -0.4 is 10.2 Å². The van der Waals surface area contributed by atoms with E-state index >= 15 is 0 Å². The minimum Gasteiger partial charge on any atom is -0.444 e. The Hall–Kier alpha value is -2.69. The van der Waals surface area contributed by atoms with Gasteiger partial charge in [-0.05, 0) is 43.3 Å². The number of benzene rings is 1. The highest BCUT2D eigenvalue weighted by Gasteiger charge is 2.20. The average molecular weight is 550 g/mol. The molecular formula is C23H28FIN6O. The Kier molecular flexibility index (Phi) is 8.83. The lowest BCUT2D eigenvalue weighted by atomic mass is 10.2. The Labute approximate surface area is 204 Å². The monoisotopic (exact) mass is 550 g/mol. The van der Waals surface area contributed by atoms with Gasteiger partial charge in [0.05, 0.1) is 5.69 Å². The van der Waals surface area contributed by atoms with E-state index in [2.05, 4.69) is 32.0 Å². The molecule has 0 spiro atoms. The largest absolute Gasteiger partial charge is 0.444 e. The standard InChI is InChI=1S/C23H27FN6O.HI/c1-2-25-23(30-15-13-29(14-16-30)21-5-3-4-11-26-21)27-12-10-20-17-31-22(28-20)18-6-8-19(24)9-7-18;/h3-9,11,17H,2,10,12-16H2,1H3,(H,25,27);1H. The van der Waals surface area contributed by atoms with Gasteiger partial charge in [0.25, 0.3) is 0 Å². The summed E-state index contributed by atoms with van der Waals surface area (Å²) in [5, 5.41) is 3.39. The molecule has 0 atom stereocenters. The topological polar surface area (TPSA) is 69.8 Å². The first-order chi connectivity index (χ1) is 15.2. The second-order valence-corrected chi connectivity index (χ2v) is 7.30. The van der Waals surface area contributed by atoms with E-state index in [1.54, 1.807) is 18.4 Å². The molecule has 1 N–H and O–H groups in total. The molecule has 3 heterocycles. The molecule has 0 saturated carbocycles. The summed E-state index contributed by atoms with van der Waals surface area (Å²) in [7, 11) is 0. The fourth-order valence-corrected chi connectivity index (χ4v) is 3.54. The van der Waals surface area contributed by atoms with Crippen molar-refractivity contribution in [2.45, 2.75) is 13.3 Å². The number of aromatic nitrogens is 2. The highest BCUT2D eigenvalue weighted by molar-refractivity contribution is 14.0. The summed E-state index contributed by atoms with van der Waals surface area (Å²) < 4.78 is 18.6. The van der Waals surface area contributed by atoms with Gasteiger partial charge in [0.1, 0.15) is 17.9 Å². The van der Waals surface area contributed by atoms with Crippen LogP contribution in [0.1, 0.15) is 12.6 Å². The molecule has 170 valence electrons. The van der Waals surface area contributed by atoms with Crippen molar-refractivity contribution in [2.24, 2.45) is 4.99 Å². The minimum atomic E-state index is -0.276. The second kappa shape index (κ2) is 11.8. The first kappa shape index (κ1) is 24.0. The maximum Gasteiger partial charge on any atom is 0.226 e. The van der Waals surface area contributed by atoms with Gasteiger partial charge in [-0.25, -0.2) is 14.4 Å². The van der Waals surface area contributed by atoms with Crippen molar-refractivity contribution in [3.8, 4) is 11.5 Å². The van der Waals surface area contributed by atoms with Crippen LogP contribution in [0.25, 0.3) is 11.5 Å². The minimum absolute atomic E-state index is 0. The zero-order chi connectivity index (χ0) is 21.5. The molecular weight excluding hydrogens is 522 g/mol. The zero-order valence-electron chi connectivity index (χ0n) is 18.1. The number of piperazine rings is 1. The molecule has 1 fully saturated rings. The molecule has 1 aromatic carbocycles. The van der Waals surface area contributed by atoms with Gasteiger partial charge < -0.3 is 19.5 Å². The SMILES string of the molecule is CCNC(=NCCc1coc(-c2ccc(F)cc2)n1)N1CCN(c2ccccn2)CC1.I. The van der Waals surface area contributed by atoms with E-state index in [-0.39, 0.29) is 29.8 Å². The van der Waals surface area contributed by atoms with E-state index in [0.29, 0.717) is 18.9 Å². The lowest BCUT2D eigenvalue weighted by molar-refractivity contribution is 0.371. The van der Waals surface area contributed by atoms with Gasteiger partial charge in [-0.2, -0.15) is 0 Å². The molecule has 1 aliphatic heterocycles. The quantitative estimate of drug-likeness (QED) is 0.286. The number of rotatable bonds is 6. The molecule has 0 aliphatic carbocycles. The zero-order valence-corrected chi connectivity index (χ0v) is 20.4. The Morgan fingerprint density at radius 3 is 2.59 bits per heavy atom. The van der Waals surface area contributed by atoms with Gasteiger partial charge in [0.2, 0.25) is 5.89 Å². The molecule has 3 aromatic rings. The molecule has 0 bridgehead atoms. The van der Waals surface area contributed by atoms with Gasteiger partial charge in [-0.1, -0.05) is 6.07 Å². The highest BCUT2D eigenvalue weighted by Crippen LogP contribution is 2.19. The van der Waals surface area contributed by atoms with Crippen LogP contribution in [0.2, 0.25) is 0 Å². The summed E-state index contributed by atoms with van der Waals surface area (Å²) in [5.41, 5.74) is 1.59. The molecule has 7 nitrogen and oxygen atoms in total. The Morgan fingerprint density at radius 1 is 1.12 bits per heavy atom. The number of aliphatic imine (C=N–C) groups is 1. The number of oxazole rings is 1. The van der Waals surface area contributed by atoms with E-state index in [1.807, 2.05) is 24.4 Å². The number of anilines is 1. The fourth-order valence-electron chi connectivity index (χ4n) is 3.54. The van der Waals surface area contributed by atoms with Crippen LogP contribution in [0.15, 0.2) is 64.3 Å².